The van der Waals surface area contributed by atoms with Crippen molar-refractivity contribution < 1.29 is 4.79 Å². The number of hydrogen-bond donors (Lipinski definition) is 0. The van der Waals surface area contributed by atoms with Crippen LogP contribution in [0.3, 0.4) is 0 Å². The average molecular weight is 259 g/mol. The smallest absolute Gasteiger partial charge is 0.124 e. The van der Waals surface area contributed by atoms with Crippen LogP contribution in [0.1, 0.15) is 32.3 Å². The lowest BCUT2D eigenvalue weighted by molar-refractivity contribution is -0.111. The fourth-order valence-corrected chi connectivity index (χ4v) is 2.01. The predicted octanol–water partition coefficient (Wildman–Crippen LogP) is 2.60. The van der Waals surface area contributed by atoms with Crippen LogP contribution < -0.4 is 0 Å². The molecule has 78 valence electrons. The third kappa shape index (κ3) is 2.44. The number of aromatic nitrogens is 2. The second kappa shape index (κ2) is 4.73. The molecule has 0 fully saturated rings. The lowest BCUT2D eigenvalue weighted by Crippen LogP contribution is -2.10. The molecule has 0 radical (unpaired) electrons. The Morgan fingerprint density at radius 2 is 2.21 bits per heavy atom. The zero-order chi connectivity index (χ0) is 10.7. The standard InChI is InChI=1S/C10H15BrN2O/c1-7(2)9-4-12-13(10(9)11)5-8(3)6-14/h4,6-8H,5H2,1-3H3. The molecule has 0 aromatic carbocycles. The molecule has 1 aromatic heterocycles. The van der Waals surface area contributed by atoms with Gasteiger partial charge in [0.2, 0.25) is 0 Å². The van der Waals surface area contributed by atoms with Gasteiger partial charge in [-0.1, -0.05) is 20.8 Å². The minimum atomic E-state index is 0.00575. The number of carbonyl (C=O) groups excluding carboxylic acids is 1. The van der Waals surface area contributed by atoms with Gasteiger partial charge in [-0.15, -0.1) is 0 Å². The van der Waals surface area contributed by atoms with Crippen molar-refractivity contribution in [3.8, 4) is 0 Å². The molecule has 3 nitrogen and oxygen atoms in total. The molecule has 0 N–H and O–H groups in total. The number of hydrogen-bond acceptors (Lipinski definition) is 2. The Morgan fingerprint density at radius 3 is 2.64 bits per heavy atom. The molecule has 4 heteroatoms. The van der Waals surface area contributed by atoms with Gasteiger partial charge in [-0.3, -0.25) is 4.68 Å². The summed E-state index contributed by atoms with van der Waals surface area (Å²) in [7, 11) is 0. The zero-order valence-electron chi connectivity index (χ0n) is 8.70. The molecule has 0 saturated heterocycles. The molecule has 1 aromatic rings. The number of halogens is 1. The van der Waals surface area contributed by atoms with E-state index in [0.717, 1.165) is 10.9 Å². The first-order chi connectivity index (χ1) is 6.56. The SMILES string of the molecule is CC(C=O)Cn1ncc(C(C)C)c1Br. The van der Waals surface area contributed by atoms with Crippen LogP contribution in [0.15, 0.2) is 10.8 Å². The Kier molecular flexibility index (Phi) is 3.86. The number of rotatable bonds is 4. The minimum absolute atomic E-state index is 0.00575. The van der Waals surface area contributed by atoms with Gasteiger partial charge in [0.05, 0.1) is 12.7 Å². The summed E-state index contributed by atoms with van der Waals surface area (Å²) in [5, 5.41) is 4.24. The highest BCUT2D eigenvalue weighted by Gasteiger charge is 2.12. The van der Waals surface area contributed by atoms with E-state index in [4.69, 9.17) is 0 Å². The highest BCUT2D eigenvalue weighted by molar-refractivity contribution is 9.10. The van der Waals surface area contributed by atoms with Crippen LogP contribution in [0.25, 0.3) is 0 Å². The number of nitrogens with zero attached hydrogens (tertiary/aromatic N) is 2. The highest BCUT2D eigenvalue weighted by Crippen LogP contribution is 2.24. The summed E-state index contributed by atoms with van der Waals surface area (Å²) in [5.41, 5.74) is 1.18. The zero-order valence-corrected chi connectivity index (χ0v) is 10.3. The lowest BCUT2D eigenvalue weighted by Gasteiger charge is -2.07. The van der Waals surface area contributed by atoms with E-state index in [1.165, 1.54) is 5.56 Å². The molecular formula is C10H15BrN2O. The summed E-state index contributed by atoms with van der Waals surface area (Å²) in [6.45, 7) is 6.76. The average Bonchev–Trinajstić information content (AvgIpc) is 2.48. The third-order valence-corrected chi connectivity index (χ3v) is 2.98. The van der Waals surface area contributed by atoms with E-state index in [0.29, 0.717) is 12.5 Å². The highest BCUT2D eigenvalue weighted by atomic mass is 79.9. The van der Waals surface area contributed by atoms with E-state index in [-0.39, 0.29) is 5.92 Å². The van der Waals surface area contributed by atoms with Crippen molar-refractivity contribution >= 4 is 22.2 Å². The fraction of sp³-hybridized carbons (Fsp3) is 0.600. The van der Waals surface area contributed by atoms with Crippen LogP contribution in [-0.2, 0) is 11.3 Å². The summed E-state index contributed by atoms with van der Waals surface area (Å²) >= 11 is 3.49. The van der Waals surface area contributed by atoms with Crippen LogP contribution in [0.2, 0.25) is 0 Å². The quantitative estimate of drug-likeness (QED) is 0.779. The summed E-state index contributed by atoms with van der Waals surface area (Å²) < 4.78 is 2.82. The van der Waals surface area contributed by atoms with Crippen molar-refractivity contribution in [1.29, 1.82) is 0 Å². The fourth-order valence-electron chi connectivity index (χ4n) is 1.22. The van der Waals surface area contributed by atoms with Gasteiger partial charge in [-0.05, 0) is 21.8 Å². The molecule has 0 aliphatic rings. The topological polar surface area (TPSA) is 34.9 Å². The second-order valence-corrected chi connectivity index (χ2v) is 4.59. The summed E-state index contributed by atoms with van der Waals surface area (Å²) in [6.07, 6.45) is 2.80. The molecule has 1 atom stereocenters. The van der Waals surface area contributed by atoms with Crippen molar-refractivity contribution in [2.24, 2.45) is 5.92 Å². The van der Waals surface area contributed by atoms with E-state index in [1.54, 1.807) is 0 Å². The molecule has 14 heavy (non-hydrogen) atoms. The van der Waals surface area contributed by atoms with Crippen molar-refractivity contribution in [1.82, 2.24) is 9.78 Å². The molecule has 0 spiro atoms. The Hall–Kier alpha value is -0.640. The van der Waals surface area contributed by atoms with Gasteiger partial charge in [0, 0.05) is 11.5 Å². The lowest BCUT2D eigenvalue weighted by atomic mass is 10.1. The van der Waals surface area contributed by atoms with Crippen molar-refractivity contribution in [2.45, 2.75) is 33.2 Å². The first kappa shape index (κ1) is 11.4. The largest absolute Gasteiger partial charge is 0.303 e. The van der Waals surface area contributed by atoms with Gasteiger partial charge in [0.1, 0.15) is 10.9 Å². The first-order valence-corrected chi connectivity index (χ1v) is 5.52. The normalized spacial score (nSPS) is 13.2. The molecule has 0 saturated carbocycles. The summed E-state index contributed by atoms with van der Waals surface area (Å²) in [4.78, 5) is 10.5. The van der Waals surface area contributed by atoms with Gasteiger partial charge < -0.3 is 4.79 Å². The Balaban J connectivity index is 2.84. The maximum Gasteiger partial charge on any atom is 0.124 e. The molecule has 0 aliphatic carbocycles. The summed E-state index contributed by atoms with van der Waals surface area (Å²) in [5.74, 6) is 0.455. The van der Waals surface area contributed by atoms with Crippen LogP contribution in [-0.4, -0.2) is 16.1 Å². The Bertz CT molecular complexity index is 320. The molecular weight excluding hydrogens is 244 g/mol. The van der Waals surface area contributed by atoms with Crippen molar-refractivity contribution in [3.63, 3.8) is 0 Å². The molecule has 1 unspecified atom stereocenters. The van der Waals surface area contributed by atoms with Gasteiger partial charge >= 0.3 is 0 Å². The second-order valence-electron chi connectivity index (χ2n) is 3.84. The van der Waals surface area contributed by atoms with E-state index in [2.05, 4.69) is 34.9 Å². The van der Waals surface area contributed by atoms with Crippen LogP contribution >= 0.6 is 15.9 Å². The van der Waals surface area contributed by atoms with Crippen LogP contribution in [0, 0.1) is 5.92 Å². The van der Waals surface area contributed by atoms with E-state index in [9.17, 15) is 4.79 Å². The third-order valence-electron chi connectivity index (χ3n) is 2.12. The van der Waals surface area contributed by atoms with Crippen LogP contribution in [0.4, 0.5) is 0 Å². The minimum Gasteiger partial charge on any atom is -0.303 e. The molecule has 0 amide bonds. The first-order valence-electron chi connectivity index (χ1n) is 4.72. The van der Waals surface area contributed by atoms with E-state index in [1.807, 2.05) is 17.8 Å². The van der Waals surface area contributed by atoms with Crippen LogP contribution in [0.5, 0.6) is 0 Å². The maximum atomic E-state index is 10.5. The molecule has 0 aliphatic heterocycles. The Morgan fingerprint density at radius 1 is 1.57 bits per heavy atom. The molecule has 1 rings (SSSR count). The van der Waals surface area contributed by atoms with Gasteiger partial charge in [-0.25, -0.2) is 0 Å². The van der Waals surface area contributed by atoms with Gasteiger partial charge in [-0.2, -0.15) is 5.10 Å². The van der Waals surface area contributed by atoms with E-state index < -0.39 is 0 Å². The maximum absolute atomic E-state index is 10.5. The molecule has 0 bridgehead atoms. The monoisotopic (exact) mass is 258 g/mol. The molecule has 1 heterocycles. The van der Waals surface area contributed by atoms with Gasteiger partial charge in [0.25, 0.3) is 0 Å². The Labute approximate surface area is 92.6 Å². The van der Waals surface area contributed by atoms with E-state index >= 15 is 0 Å². The number of aldehydes is 1. The predicted molar refractivity (Wildman–Crippen MR) is 59.2 cm³/mol. The number of carbonyl (C=O) groups is 1. The van der Waals surface area contributed by atoms with Crippen molar-refractivity contribution in [2.75, 3.05) is 0 Å². The summed E-state index contributed by atoms with van der Waals surface area (Å²) in [6, 6.07) is 0. The van der Waals surface area contributed by atoms with Gasteiger partial charge in [0.15, 0.2) is 0 Å². The van der Waals surface area contributed by atoms with Crippen molar-refractivity contribution in [3.05, 3.63) is 16.4 Å².